The topological polar surface area (TPSA) is 186 Å². The minimum absolute atomic E-state index is 0.0366. The summed E-state index contributed by atoms with van der Waals surface area (Å²) in [7, 11) is -4.39. The van der Waals surface area contributed by atoms with E-state index in [2.05, 4.69) is 15.0 Å². The average Bonchev–Trinajstić information content (AvgIpc) is 3.04. The largest absolute Gasteiger partial charge is 0.388 e. The number of fused-ring (bicyclic) bond motifs is 1. The number of nitrogens with two attached hydrogens (primary N) is 1. The van der Waals surface area contributed by atoms with E-state index in [1.54, 1.807) is 6.92 Å². The van der Waals surface area contributed by atoms with Crippen LogP contribution in [0, 0.1) is 6.92 Å². The molecule has 6 N–H and O–H groups in total. The van der Waals surface area contributed by atoms with Crippen molar-refractivity contribution in [1.29, 1.82) is 0 Å². The molecule has 2 aromatic rings. The Morgan fingerprint density at radius 3 is 2.50 bits per heavy atom. The Morgan fingerprint density at radius 2 is 1.90 bits per heavy atom. The highest BCUT2D eigenvalue weighted by Gasteiger charge is 2.49. The second-order valence-corrected chi connectivity index (χ2v) is 10.9. The Morgan fingerprint density at radius 1 is 1.27 bits per heavy atom. The smallest absolute Gasteiger partial charge is 0.359 e. The second kappa shape index (κ2) is 7.49. The molecule has 13 heteroatoms. The van der Waals surface area contributed by atoms with Crippen LogP contribution in [-0.2, 0) is 13.8 Å². The predicted molar refractivity (Wildman–Crippen MR) is 106 cm³/mol. The van der Waals surface area contributed by atoms with Gasteiger partial charge in [-0.3, -0.25) is 9.13 Å². The Hall–Kier alpha value is -1.66. The van der Waals surface area contributed by atoms with Gasteiger partial charge >= 0.3 is 7.60 Å². The molecular weight excluding hydrogens is 417 g/mol. The maximum Gasteiger partial charge on any atom is 0.359 e. The first-order valence-electron chi connectivity index (χ1n) is 9.37. The molecular formula is C17H28N5O7P. The first-order chi connectivity index (χ1) is 13.6. The number of anilines is 1. The number of hydrogen-bond donors (Lipinski definition) is 5. The number of aliphatic hydroxyl groups is 3. The molecule has 3 unspecified atom stereocenters. The quantitative estimate of drug-likeness (QED) is 0.388. The fourth-order valence-corrected chi connectivity index (χ4v) is 4.39. The summed E-state index contributed by atoms with van der Waals surface area (Å²) in [5.41, 5.74) is 5.26. The number of rotatable bonds is 6. The molecule has 1 aliphatic heterocycles. The molecule has 1 fully saturated rings. The van der Waals surface area contributed by atoms with E-state index in [-0.39, 0.29) is 12.2 Å². The zero-order chi connectivity index (χ0) is 22.6. The standard InChI is InChI=1S/C17H28N5O7P/c1-8-21-10-13(18)19-7-20-14(10)22(8)15-12(24)11(23)9(28-15)6-16(2,3)29-30(26,27)17(4,5)25/h7,9,11-12,15,23-25H,6H2,1-5H3,(H,26,27)(H2,18,19,20)/t9?,11?,12-,15-/m1/s1. The molecule has 3 rings (SSSR count). The van der Waals surface area contributed by atoms with Crippen LogP contribution in [0.5, 0.6) is 0 Å². The highest BCUT2D eigenvalue weighted by molar-refractivity contribution is 7.54. The van der Waals surface area contributed by atoms with Crippen molar-refractivity contribution in [2.24, 2.45) is 0 Å². The van der Waals surface area contributed by atoms with Crippen molar-refractivity contribution in [2.75, 3.05) is 5.73 Å². The molecule has 5 atom stereocenters. The number of hydrogen-bond acceptors (Lipinski definition) is 10. The lowest BCUT2D eigenvalue weighted by Crippen LogP contribution is -2.38. The lowest BCUT2D eigenvalue weighted by molar-refractivity contribution is -0.0636. The van der Waals surface area contributed by atoms with E-state index >= 15 is 0 Å². The van der Waals surface area contributed by atoms with E-state index in [1.807, 2.05) is 0 Å². The number of nitrogens with zero attached hydrogens (tertiary/aromatic N) is 4. The summed E-state index contributed by atoms with van der Waals surface area (Å²) in [5, 5.41) is 29.1. The SMILES string of the molecule is Cc1nc2c(N)ncnc2n1[C@@H]1OC(CC(C)(C)OP(=O)(O)C(C)(C)O)C(O)[C@H]1O. The highest BCUT2D eigenvalue weighted by atomic mass is 31.2. The fraction of sp³-hybridized carbons (Fsp3) is 0.706. The Kier molecular flexibility index (Phi) is 5.74. The van der Waals surface area contributed by atoms with Gasteiger partial charge in [0.2, 0.25) is 0 Å². The Balaban J connectivity index is 1.85. The van der Waals surface area contributed by atoms with E-state index in [4.69, 9.17) is 15.0 Å². The third-order valence-electron chi connectivity index (χ3n) is 5.03. The molecule has 168 valence electrons. The van der Waals surface area contributed by atoms with Gasteiger partial charge in [0.15, 0.2) is 28.6 Å². The van der Waals surface area contributed by atoms with Crippen LogP contribution in [0.3, 0.4) is 0 Å². The van der Waals surface area contributed by atoms with Gasteiger partial charge in [-0.2, -0.15) is 0 Å². The average molecular weight is 445 g/mol. The molecule has 1 saturated heterocycles. The van der Waals surface area contributed by atoms with Crippen molar-refractivity contribution in [3.05, 3.63) is 12.2 Å². The normalized spacial score (nSPS) is 27.5. The van der Waals surface area contributed by atoms with Gasteiger partial charge in [-0.25, -0.2) is 15.0 Å². The Bertz CT molecular complexity index is 989. The minimum atomic E-state index is -4.39. The monoisotopic (exact) mass is 445 g/mol. The van der Waals surface area contributed by atoms with E-state index in [0.717, 1.165) is 0 Å². The summed E-state index contributed by atoms with van der Waals surface area (Å²) in [6.45, 7) is 7.08. The van der Waals surface area contributed by atoms with Crippen molar-refractivity contribution in [2.45, 2.75) is 76.5 Å². The zero-order valence-electron chi connectivity index (χ0n) is 17.4. The van der Waals surface area contributed by atoms with Crippen LogP contribution in [0.4, 0.5) is 5.82 Å². The number of nitrogen functional groups attached to an aromatic ring is 1. The molecule has 30 heavy (non-hydrogen) atoms. The van der Waals surface area contributed by atoms with E-state index in [0.29, 0.717) is 17.0 Å². The Labute approximate surface area is 173 Å². The zero-order valence-corrected chi connectivity index (χ0v) is 18.3. The van der Waals surface area contributed by atoms with Gasteiger partial charge in [-0.1, -0.05) is 0 Å². The van der Waals surface area contributed by atoms with Gasteiger partial charge in [-0.15, -0.1) is 0 Å². The van der Waals surface area contributed by atoms with Gasteiger partial charge in [0, 0.05) is 6.42 Å². The molecule has 0 saturated carbocycles. The molecule has 0 aromatic carbocycles. The first kappa shape index (κ1) is 23.0. The van der Waals surface area contributed by atoms with Gasteiger partial charge in [-0.05, 0) is 34.6 Å². The summed E-state index contributed by atoms with van der Waals surface area (Å²) in [5.74, 6) is 0.623. The number of aryl methyl sites for hydroxylation is 1. The van der Waals surface area contributed by atoms with Crippen molar-refractivity contribution in [3.8, 4) is 0 Å². The van der Waals surface area contributed by atoms with Gasteiger partial charge < -0.3 is 35.2 Å². The summed E-state index contributed by atoms with van der Waals surface area (Å²) in [4.78, 5) is 22.4. The molecule has 1 aliphatic rings. The van der Waals surface area contributed by atoms with Gasteiger partial charge in [0.05, 0.1) is 11.7 Å². The second-order valence-electron chi connectivity index (χ2n) is 8.58. The molecule has 0 bridgehead atoms. The molecule has 12 nitrogen and oxygen atoms in total. The summed E-state index contributed by atoms with van der Waals surface area (Å²) in [6.07, 6.45) is -3.36. The minimum Gasteiger partial charge on any atom is -0.388 e. The number of ether oxygens (including phenoxy) is 1. The van der Waals surface area contributed by atoms with E-state index in [1.165, 1.54) is 38.6 Å². The first-order valence-corrected chi connectivity index (χ1v) is 10.9. The van der Waals surface area contributed by atoms with Crippen LogP contribution in [-0.4, -0.2) is 69.0 Å². The van der Waals surface area contributed by atoms with Crippen LogP contribution in [0.2, 0.25) is 0 Å². The highest BCUT2D eigenvalue weighted by Crippen LogP contribution is 2.57. The van der Waals surface area contributed by atoms with Crippen molar-refractivity contribution in [1.82, 2.24) is 19.5 Å². The van der Waals surface area contributed by atoms with Crippen molar-refractivity contribution < 1.29 is 34.0 Å². The van der Waals surface area contributed by atoms with Crippen LogP contribution in [0.25, 0.3) is 11.2 Å². The number of aromatic nitrogens is 4. The summed E-state index contributed by atoms with van der Waals surface area (Å²) < 4.78 is 25.1. The molecule has 0 spiro atoms. The maximum atomic E-state index is 12.3. The fourth-order valence-electron chi connectivity index (χ4n) is 3.42. The van der Waals surface area contributed by atoms with Crippen LogP contribution in [0.1, 0.15) is 46.2 Å². The van der Waals surface area contributed by atoms with Gasteiger partial charge in [0.25, 0.3) is 0 Å². The lowest BCUT2D eigenvalue weighted by Gasteiger charge is -2.34. The maximum absolute atomic E-state index is 12.3. The van der Waals surface area contributed by atoms with Crippen molar-refractivity contribution >= 4 is 24.6 Å². The lowest BCUT2D eigenvalue weighted by atomic mass is 9.97. The molecule has 2 aromatic heterocycles. The summed E-state index contributed by atoms with van der Waals surface area (Å²) in [6, 6.07) is 0. The summed E-state index contributed by atoms with van der Waals surface area (Å²) >= 11 is 0. The molecule has 0 amide bonds. The van der Waals surface area contributed by atoms with Gasteiger partial charge in [0.1, 0.15) is 24.4 Å². The third-order valence-corrected chi connectivity index (χ3v) is 7.15. The van der Waals surface area contributed by atoms with Crippen LogP contribution >= 0.6 is 7.60 Å². The molecule has 3 heterocycles. The molecule has 0 aliphatic carbocycles. The van der Waals surface area contributed by atoms with Crippen LogP contribution < -0.4 is 5.73 Å². The molecule has 0 radical (unpaired) electrons. The number of imidazole rings is 1. The van der Waals surface area contributed by atoms with E-state index < -0.39 is 43.1 Å². The third kappa shape index (κ3) is 4.09. The van der Waals surface area contributed by atoms with E-state index in [9.17, 15) is 24.8 Å². The van der Waals surface area contributed by atoms with Crippen LogP contribution in [0.15, 0.2) is 6.33 Å². The number of aliphatic hydroxyl groups excluding tert-OH is 2. The predicted octanol–water partition coefficient (Wildman–Crippen LogP) is 0.435. The van der Waals surface area contributed by atoms with Crippen molar-refractivity contribution in [3.63, 3.8) is 0 Å².